The maximum atomic E-state index is 6.30. The number of rotatable bonds is 5. The van der Waals surface area contributed by atoms with Crippen LogP contribution in [-0.2, 0) is 0 Å². The molecule has 0 unspecified atom stereocenters. The Labute approximate surface area is 176 Å². The highest BCUT2D eigenvalue weighted by molar-refractivity contribution is 9.10. The maximum Gasteiger partial charge on any atom is 0.247 e. The molecule has 1 atom stereocenters. The lowest BCUT2D eigenvalue weighted by molar-refractivity contribution is 0.215. The number of hydrogen-bond acceptors (Lipinski definition) is 7. The number of anilines is 1. The molecule has 3 aromatic rings. The zero-order valence-corrected chi connectivity index (χ0v) is 17.9. The van der Waals surface area contributed by atoms with Crippen molar-refractivity contribution in [1.29, 1.82) is 0 Å². The summed E-state index contributed by atoms with van der Waals surface area (Å²) in [6, 6.07) is 13.8. The van der Waals surface area contributed by atoms with Gasteiger partial charge in [-0.25, -0.2) is 0 Å². The van der Waals surface area contributed by atoms with Gasteiger partial charge < -0.3 is 14.8 Å². The Balaban J connectivity index is 1.83. The Hall–Kier alpha value is -2.32. The van der Waals surface area contributed by atoms with Gasteiger partial charge >= 0.3 is 0 Å². The number of nitrogens with zero attached hydrogens (tertiary/aromatic N) is 3. The smallest absolute Gasteiger partial charge is 0.247 e. The minimum absolute atomic E-state index is 0.444. The normalized spacial score (nSPS) is 14.9. The van der Waals surface area contributed by atoms with Crippen LogP contribution >= 0.6 is 27.7 Å². The molecule has 28 heavy (non-hydrogen) atoms. The largest absolute Gasteiger partial charge is 0.493 e. The van der Waals surface area contributed by atoms with Gasteiger partial charge in [0.1, 0.15) is 5.75 Å². The zero-order chi connectivity index (χ0) is 19.5. The Kier molecular flexibility index (Phi) is 5.68. The lowest BCUT2D eigenvalue weighted by atomic mass is 10.1. The lowest BCUT2D eigenvalue weighted by Gasteiger charge is -2.21. The van der Waals surface area contributed by atoms with Crippen molar-refractivity contribution in [1.82, 2.24) is 15.2 Å². The number of thioether (sulfide) groups is 1. The van der Waals surface area contributed by atoms with E-state index in [-0.39, 0.29) is 0 Å². The average Bonchev–Trinajstić information content (AvgIpc) is 2.88. The van der Waals surface area contributed by atoms with Crippen LogP contribution in [0.2, 0.25) is 0 Å². The van der Waals surface area contributed by atoms with Gasteiger partial charge in [0.2, 0.25) is 17.3 Å². The van der Waals surface area contributed by atoms with Crippen molar-refractivity contribution in [2.45, 2.75) is 24.7 Å². The van der Waals surface area contributed by atoms with Crippen LogP contribution in [0, 0.1) is 0 Å². The predicted octanol–water partition coefficient (Wildman–Crippen LogP) is 5.31. The third-order valence-electron chi connectivity index (χ3n) is 4.23. The summed E-state index contributed by atoms with van der Waals surface area (Å²) in [5.41, 5.74) is 3.29. The van der Waals surface area contributed by atoms with Gasteiger partial charge in [0.05, 0.1) is 12.2 Å². The van der Waals surface area contributed by atoms with Crippen molar-refractivity contribution in [3.05, 3.63) is 52.5 Å². The fourth-order valence-electron chi connectivity index (χ4n) is 2.94. The molecule has 6 nitrogen and oxygen atoms in total. The van der Waals surface area contributed by atoms with E-state index in [1.54, 1.807) is 0 Å². The summed E-state index contributed by atoms with van der Waals surface area (Å²) in [7, 11) is 0. The topological polar surface area (TPSA) is 69.2 Å². The molecule has 1 aliphatic heterocycles. The summed E-state index contributed by atoms with van der Waals surface area (Å²) in [5, 5.41) is 12.6. The molecule has 0 saturated carbocycles. The first-order valence-electron chi connectivity index (χ1n) is 8.93. The molecule has 0 radical (unpaired) electrons. The molecule has 0 bridgehead atoms. The third kappa shape index (κ3) is 3.79. The summed E-state index contributed by atoms with van der Waals surface area (Å²) in [6.45, 7) is 2.73. The molecule has 2 aromatic carbocycles. The number of aromatic nitrogens is 3. The van der Waals surface area contributed by atoms with Crippen LogP contribution < -0.4 is 14.8 Å². The minimum Gasteiger partial charge on any atom is -0.493 e. The molecule has 1 aromatic heterocycles. The van der Waals surface area contributed by atoms with Gasteiger partial charge in [0, 0.05) is 15.7 Å². The van der Waals surface area contributed by atoms with Gasteiger partial charge in [-0.3, -0.25) is 0 Å². The summed E-state index contributed by atoms with van der Waals surface area (Å²) >= 11 is 4.96. The second-order valence-electron chi connectivity index (χ2n) is 6.17. The number of ether oxygens (including phenoxy) is 2. The van der Waals surface area contributed by atoms with E-state index in [4.69, 9.17) is 9.47 Å². The zero-order valence-electron chi connectivity index (χ0n) is 15.5. The Bertz CT molecular complexity index is 1000. The molecular weight excluding hydrogens is 440 g/mol. The molecule has 0 amide bonds. The summed E-state index contributed by atoms with van der Waals surface area (Å²) in [5.74, 6) is 1.23. The van der Waals surface area contributed by atoms with Crippen molar-refractivity contribution in [3.63, 3.8) is 0 Å². The van der Waals surface area contributed by atoms with Crippen molar-refractivity contribution >= 4 is 33.4 Å². The first kappa shape index (κ1) is 19.0. The molecule has 1 N–H and O–H groups in total. The second-order valence-corrected chi connectivity index (χ2v) is 7.86. The Morgan fingerprint density at radius 3 is 2.89 bits per heavy atom. The Morgan fingerprint density at radius 1 is 1.21 bits per heavy atom. The Morgan fingerprint density at radius 2 is 2.07 bits per heavy atom. The summed E-state index contributed by atoms with van der Waals surface area (Å²) in [6.07, 6.45) is 2.37. The van der Waals surface area contributed by atoms with Gasteiger partial charge in [-0.1, -0.05) is 46.7 Å². The van der Waals surface area contributed by atoms with Gasteiger partial charge in [0.25, 0.3) is 0 Å². The predicted molar refractivity (Wildman–Crippen MR) is 114 cm³/mol. The second kappa shape index (κ2) is 8.36. The van der Waals surface area contributed by atoms with Crippen LogP contribution in [-0.4, -0.2) is 28.0 Å². The van der Waals surface area contributed by atoms with Crippen LogP contribution in [0.4, 0.5) is 5.69 Å². The fraction of sp³-hybridized carbons (Fsp3) is 0.250. The average molecular weight is 459 g/mol. The van der Waals surface area contributed by atoms with E-state index in [0.717, 1.165) is 33.5 Å². The van der Waals surface area contributed by atoms with Gasteiger partial charge in [-0.05, 0) is 43.0 Å². The minimum atomic E-state index is -0.472. The van der Waals surface area contributed by atoms with Crippen LogP contribution in [0.15, 0.2) is 52.1 Å². The molecule has 0 spiro atoms. The molecule has 4 rings (SSSR count). The van der Waals surface area contributed by atoms with Crippen molar-refractivity contribution < 1.29 is 9.47 Å². The molecule has 0 fully saturated rings. The van der Waals surface area contributed by atoms with Gasteiger partial charge in [-0.15, -0.1) is 10.2 Å². The van der Waals surface area contributed by atoms with Crippen LogP contribution in [0.5, 0.6) is 11.6 Å². The van der Waals surface area contributed by atoms with E-state index in [9.17, 15) is 0 Å². The van der Waals surface area contributed by atoms with E-state index in [2.05, 4.69) is 43.4 Å². The molecule has 144 valence electrons. The van der Waals surface area contributed by atoms with Crippen LogP contribution in [0.1, 0.15) is 25.1 Å². The van der Waals surface area contributed by atoms with Crippen LogP contribution in [0.25, 0.3) is 11.3 Å². The van der Waals surface area contributed by atoms with Gasteiger partial charge in [0.15, 0.2) is 5.69 Å². The highest BCUT2D eigenvalue weighted by atomic mass is 79.9. The highest BCUT2D eigenvalue weighted by Gasteiger charge is 2.28. The van der Waals surface area contributed by atoms with E-state index in [1.807, 2.05) is 48.7 Å². The van der Waals surface area contributed by atoms with E-state index >= 15 is 0 Å². The first-order valence-corrected chi connectivity index (χ1v) is 10.9. The third-order valence-corrected chi connectivity index (χ3v) is 5.27. The maximum absolute atomic E-state index is 6.30. The number of hydrogen-bond donors (Lipinski definition) is 1. The number of fused-ring (bicyclic) bond motifs is 3. The van der Waals surface area contributed by atoms with Crippen molar-refractivity contribution in [2.24, 2.45) is 0 Å². The molecule has 0 saturated heterocycles. The molecule has 8 heteroatoms. The molecule has 1 aliphatic rings. The first-order chi connectivity index (χ1) is 13.7. The summed E-state index contributed by atoms with van der Waals surface area (Å²) in [4.78, 5) is 4.56. The molecular formula is C20H19BrN4O2S. The highest BCUT2D eigenvalue weighted by Crippen LogP contribution is 2.42. The van der Waals surface area contributed by atoms with Gasteiger partial charge in [-0.2, -0.15) is 4.98 Å². The number of halogens is 1. The number of benzene rings is 2. The van der Waals surface area contributed by atoms with Crippen molar-refractivity contribution in [3.8, 4) is 22.9 Å². The fourth-order valence-corrected chi connectivity index (χ4v) is 3.60. The summed E-state index contributed by atoms with van der Waals surface area (Å²) < 4.78 is 13.2. The molecule has 0 aliphatic carbocycles. The van der Waals surface area contributed by atoms with Crippen LogP contribution in [0.3, 0.4) is 0 Å². The standard InChI is InChI=1S/C20H19BrN4O2S/c1-3-10-26-16-7-5-4-6-13(16)18-22-15-9-8-12(21)11-14(15)17-19(27-18)23-20(28-2)25-24-17/h4-9,11,18,22H,3,10H2,1-2H3/t18-/m0/s1. The monoisotopic (exact) mass is 458 g/mol. The van der Waals surface area contributed by atoms with Crippen molar-refractivity contribution in [2.75, 3.05) is 18.2 Å². The molecule has 2 heterocycles. The number of nitrogens with one attached hydrogen (secondary N) is 1. The van der Waals surface area contributed by atoms with E-state index in [0.29, 0.717) is 23.3 Å². The quantitative estimate of drug-likeness (QED) is 0.519. The SMILES string of the molecule is CCCOc1ccccc1[C@H]1Nc2ccc(Br)cc2-c2nnc(SC)nc2O1. The number of para-hydroxylation sites is 1. The lowest BCUT2D eigenvalue weighted by Crippen LogP contribution is -2.18. The van der Waals surface area contributed by atoms with E-state index in [1.165, 1.54) is 11.8 Å². The van der Waals surface area contributed by atoms with E-state index < -0.39 is 6.23 Å².